The Balaban J connectivity index is 1.46. The van der Waals surface area contributed by atoms with Gasteiger partial charge in [0.2, 0.25) is 0 Å². The number of hydrogen-bond acceptors (Lipinski definition) is 3. The van der Waals surface area contributed by atoms with E-state index >= 15 is 0 Å². The number of aliphatic hydroxyl groups is 1. The summed E-state index contributed by atoms with van der Waals surface area (Å²) in [7, 11) is 0. The van der Waals surface area contributed by atoms with Crippen molar-refractivity contribution < 1.29 is 9.84 Å². The Bertz CT molecular complexity index is 892. The normalized spacial score (nSPS) is 17.7. The van der Waals surface area contributed by atoms with Gasteiger partial charge >= 0.3 is 0 Å². The van der Waals surface area contributed by atoms with E-state index in [1.807, 2.05) is 24.3 Å². The van der Waals surface area contributed by atoms with Crippen LogP contribution in [-0.2, 0) is 13.0 Å². The number of β-amino-alcohol motifs (C(OH)–C–C–N with tert-alkyl or cyclic N) is 1. The third-order valence-electron chi connectivity index (χ3n) is 5.44. The van der Waals surface area contributed by atoms with E-state index in [4.69, 9.17) is 4.74 Å². The number of rotatable bonds is 6. The van der Waals surface area contributed by atoms with Crippen LogP contribution in [0.4, 0.5) is 0 Å². The van der Waals surface area contributed by atoms with E-state index in [2.05, 4.69) is 66.4 Å². The summed E-state index contributed by atoms with van der Waals surface area (Å²) in [6.45, 7) is 3.77. The second-order valence-corrected chi connectivity index (χ2v) is 7.61. The van der Waals surface area contributed by atoms with Gasteiger partial charge in [0.15, 0.2) is 0 Å². The zero-order valence-electron chi connectivity index (χ0n) is 16.3. The number of fused-ring (bicyclic) bond motifs is 1. The molecule has 0 radical (unpaired) electrons. The van der Waals surface area contributed by atoms with Gasteiger partial charge in [0.05, 0.1) is 0 Å². The van der Waals surface area contributed by atoms with Gasteiger partial charge in [-0.3, -0.25) is 4.90 Å². The molecular weight excluding hydrogens is 346 g/mol. The van der Waals surface area contributed by atoms with Crippen molar-refractivity contribution in [2.75, 3.05) is 13.2 Å². The van der Waals surface area contributed by atoms with Crippen molar-refractivity contribution in [1.82, 2.24) is 4.90 Å². The molecular formula is C25H27NO2. The average molecular weight is 373 g/mol. The Morgan fingerprint density at radius 1 is 0.929 bits per heavy atom. The lowest BCUT2D eigenvalue weighted by Gasteiger charge is -2.38. The van der Waals surface area contributed by atoms with Gasteiger partial charge in [0.25, 0.3) is 0 Å². The molecule has 0 saturated carbocycles. The predicted octanol–water partition coefficient (Wildman–Crippen LogP) is 4.53. The number of ether oxygens (including phenoxy) is 1. The zero-order valence-corrected chi connectivity index (χ0v) is 16.3. The topological polar surface area (TPSA) is 32.7 Å². The summed E-state index contributed by atoms with van der Waals surface area (Å²) in [4.78, 5) is 2.38. The van der Waals surface area contributed by atoms with E-state index < -0.39 is 6.10 Å². The molecule has 0 amide bonds. The van der Waals surface area contributed by atoms with E-state index in [1.165, 1.54) is 22.3 Å². The minimum absolute atomic E-state index is 0.269. The fourth-order valence-electron chi connectivity index (χ4n) is 3.92. The van der Waals surface area contributed by atoms with Crippen molar-refractivity contribution in [3.8, 4) is 5.75 Å². The molecule has 0 fully saturated rings. The van der Waals surface area contributed by atoms with Crippen LogP contribution in [0.1, 0.15) is 28.3 Å². The number of benzene rings is 3. The fourth-order valence-corrected chi connectivity index (χ4v) is 3.92. The van der Waals surface area contributed by atoms with Crippen LogP contribution in [0.5, 0.6) is 5.75 Å². The molecule has 1 heterocycles. The maximum atomic E-state index is 10.7. The molecule has 1 N–H and O–H groups in total. The maximum Gasteiger partial charge on any atom is 0.119 e. The highest BCUT2D eigenvalue weighted by atomic mass is 16.5. The van der Waals surface area contributed by atoms with Crippen molar-refractivity contribution in [2.45, 2.75) is 32.0 Å². The standard InChI is InChI=1S/C25H27NO2/c1-19-11-13-24(14-12-19)28-18-23(27)17-26-16-22-10-6-5-9-21(22)15-25(26)20-7-3-2-4-8-20/h2-14,23,25,27H,15-18H2,1H3. The smallest absolute Gasteiger partial charge is 0.119 e. The molecule has 1 aliphatic rings. The highest BCUT2D eigenvalue weighted by molar-refractivity contribution is 5.33. The van der Waals surface area contributed by atoms with Gasteiger partial charge in [-0.1, -0.05) is 72.3 Å². The Hall–Kier alpha value is -2.62. The first kappa shape index (κ1) is 18.7. The fraction of sp³-hybridized carbons (Fsp3) is 0.280. The Morgan fingerprint density at radius 3 is 2.36 bits per heavy atom. The minimum Gasteiger partial charge on any atom is -0.491 e. The lowest BCUT2D eigenvalue weighted by molar-refractivity contribution is 0.0439. The molecule has 144 valence electrons. The highest BCUT2D eigenvalue weighted by Crippen LogP contribution is 2.33. The van der Waals surface area contributed by atoms with Crippen LogP contribution < -0.4 is 4.74 Å². The summed E-state index contributed by atoms with van der Waals surface area (Å²) in [5, 5.41) is 10.7. The lowest BCUT2D eigenvalue weighted by atomic mass is 9.89. The number of hydrogen-bond donors (Lipinski definition) is 1. The van der Waals surface area contributed by atoms with Gasteiger partial charge in [0, 0.05) is 19.1 Å². The molecule has 2 unspecified atom stereocenters. The van der Waals surface area contributed by atoms with Crippen molar-refractivity contribution in [1.29, 1.82) is 0 Å². The summed E-state index contributed by atoms with van der Waals surface area (Å²) < 4.78 is 5.80. The van der Waals surface area contributed by atoms with E-state index in [-0.39, 0.29) is 6.04 Å². The zero-order chi connectivity index (χ0) is 19.3. The number of aliphatic hydroxyl groups excluding tert-OH is 1. The molecule has 0 bridgehead atoms. The van der Waals surface area contributed by atoms with E-state index in [1.54, 1.807) is 0 Å². The first-order chi connectivity index (χ1) is 13.7. The first-order valence-corrected chi connectivity index (χ1v) is 9.92. The van der Waals surface area contributed by atoms with E-state index in [0.29, 0.717) is 13.2 Å². The third-order valence-corrected chi connectivity index (χ3v) is 5.44. The molecule has 2 atom stereocenters. The molecule has 3 heteroatoms. The quantitative estimate of drug-likeness (QED) is 0.689. The summed E-state index contributed by atoms with van der Waals surface area (Å²) in [5.41, 5.74) is 5.24. The predicted molar refractivity (Wildman–Crippen MR) is 112 cm³/mol. The SMILES string of the molecule is Cc1ccc(OCC(O)CN2Cc3ccccc3CC2c2ccccc2)cc1. The van der Waals surface area contributed by atoms with E-state index in [9.17, 15) is 5.11 Å². The van der Waals surface area contributed by atoms with Crippen LogP contribution in [0.15, 0.2) is 78.9 Å². The molecule has 0 spiro atoms. The number of aryl methyl sites for hydroxylation is 1. The van der Waals surface area contributed by atoms with Crippen molar-refractivity contribution in [3.05, 3.63) is 101 Å². The summed E-state index contributed by atoms with van der Waals surface area (Å²) in [5.74, 6) is 0.799. The number of nitrogens with zero attached hydrogens (tertiary/aromatic N) is 1. The van der Waals surface area contributed by atoms with Crippen LogP contribution >= 0.6 is 0 Å². The van der Waals surface area contributed by atoms with Gasteiger partial charge in [0.1, 0.15) is 18.5 Å². The molecule has 3 nitrogen and oxygen atoms in total. The van der Waals surface area contributed by atoms with Gasteiger partial charge < -0.3 is 9.84 Å². The van der Waals surface area contributed by atoms with Gasteiger partial charge in [-0.05, 0) is 42.2 Å². The Morgan fingerprint density at radius 2 is 1.61 bits per heavy atom. The Labute approximate surface area is 167 Å². The van der Waals surface area contributed by atoms with Crippen molar-refractivity contribution in [2.24, 2.45) is 0 Å². The average Bonchev–Trinajstić information content (AvgIpc) is 2.73. The van der Waals surface area contributed by atoms with Gasteiger partial charge in [-0.15, -0.1) is 0 Å². The largest absolute Gasteiger partial charge is 0.491 e. The first-order valence-electron chi connectivity index (χ1n) is 9.92. The summed E-state index contributed by atoms with van der Waals surface area (Å²) in [6.07, 6.45) is 0.420. The van der Waals surface area contributed by atoms with Crippen LogP contribution in [0.25, 0.3) is 0 Å². The summed E-state index contributed by atoms with van der Waals surface area (Å²) >= 11 is 0. The lowest BCUT2D eigenvalue weighted by Crippen LogP contribution is -2.41. The highest BCUT2D eigenvalue weighted by Gasteiger charge is 2.28. The molecule has 3 aromatic rings. The molecule has 0 aliphatic carbocycles. The van der Waals surface area contributed by atoms with Gasteiger partial charge in [-0.25, -0.2) is 0 Å². The van der Waals surface area contributed by atoms with Crippen LogP contribution in [0.3, 0.4) is 0 Å². The molecule has 0 saturated heterocycles. The molecule has 3 aromatic carbocycles. The molecule has 0 aromatic heterocycles. The molecule has 28 heavy (non-hydrogen) atoms. The van der Waals surface area contributed by atoms with Crippen LogP contribution in [0.2, 0.25) is 0 Å². The monoisotopic (exact) mass is 373 g/mol. The van der Waals surface area contributed by atoms with Crippen LogP contribution in [-0.4, -0.2) is 29.3 Å². The second-order valence-electron chi connectivity index (χ2n) is 7.61. The summed E-state index contributed by atoms with van der Waals surface area (Å²) in [6, 6.07) is 27.4. The van der Waals surface area contributed by atoms with Crippen molar-refractivity contribution in [3.63, 3.8) is 0 Å². The Kier molecular flexibility index (Phi) is 5.75. The third kappa shape index (κ3) is 4.44. The van der Waals surface area contributed by atoms with Crippen molar-refractivity contribution >= 4 is 0 Å². The van der Waals surface area contributed by atoms with E-state index in [0.717, 1.165) is 18.7 Å². The van der Waals surface area contributed by atoms with Gasteiger partial charge in [-0.2, -0.15) is 0 Å². The maximum absolute atomic E-state index is 10.7. The molecule has 4 rings (SSSR count). The minimum atomic E-state index is -0.544. The molecule has 1 aliphatic heterocycles. The van der Waals surface area contributed by atoms with Crippen LogP contribution in [0, 0.1) is 6.92 Å². The second kappa shape index (κ2) is 8.59.